The van der Waals surface area contributed by atoms with Crippen LogP contribution in [-0.4, -0.2) is 31.0 Å². The van der Waals surface area contributed by atoms with Gasteiger partial charge in [0.15, 0.2) is 0 Å². The molecule has 1 rings (SSSR count). The zero-order valence-corrected chi connectivity index (χ0v) is 14.7. The lowest BCUT2D eigenvalue weighted by Crippen LogP contribution is -2.39. The Morgan fingerprint density at radius 2 is 1.77 bits per heavy atom. The molecule has 0 fully saturated rings. The van der Waals surface area contributed by atoms with Gasteiger partial charge >= 0.3 is 10.1 Å². The molecule has 5 nitrogen and oxygen atoms in total. The van der Waals surface area contributed by atoms with E-state index in [0.717, 1.165) is 0 Å². The summed E-state index contributed by atoms with van der Waals surface area (Å²) >= 11 is 0. The van der Waals surface area contributed by atoms with Crippen molar-refractivity contribution >= 4 is 16.0 Å². The van der Waals surface area contributed by atoms with Gasteiger partial charge in [-0.1, -0.05) is 32.0 Å². The minimum atomic E-state index is -3.59. The molecule has 22 heavy (non-hydrogen) atoms. The number of benzene rings is 1. The van der Waals surface area contributed by atoms with Crippen LogP contribution in [0, 0.1) is 5.92 Å². The van der Waals surface area contributed by atoms with Crippen molar-refractivity contribution in [2.24, 2.45) is 5.92 Å². The summed E-state index contributed by atoms with van der Waals surface area (Å²) in [5.74, 6) is 0.102. The van der Waals surface area contributed by atoms with Gasteiger partial charge in [0, 0.05) is 24.1 Å². The van der Waals surface area contributed by atoms with Crippen LogP contribution in [0.25, 0.3) is 0 Å². The maximum atomic E-state index is 12.3. The molecule has 0 aliphatic rings. The van der Waals surface area contributed by atoms with Crippen LogP contribution in [0.15, 0.2) is 24.3 Å². The summed E-state index contributed by atoms with van der Waals surface area (Å²) < 4.78 is 28.5. The van der Waals surface area contributed by atoms with Crippen molar-refractivity contribution in [3.05, 3.63) is 29.8 Å². The summed E-state index contributed by atoms with van der Waals surface area (Å²) in [7, 11) is -3.59. The number of nitrogens with zero attached hydrogens (tertiary/aromatic N) is 1. The van der Waals surface area contributed by atoms with Gasteiger partial charge in [-0.3, -0.25) is 4.79 Å². The first kappa shape index (κ1) is 18.5. The fraction of sp³-hybridized carbons (Fsp3) is 0.562. The van der Waals surface area contributed by atoms with Crippen LogP contribution in [0.3, 0.4) is 0 Å². The van der Waals surface area contributed by atoms with E-state index >= 15 is 0 Å². The van der Waals surface area contributed by atoms with Crippen molar-refractivity contribution in [1.29, 1.82) is 0 Å². The number of hydrogen-bond acceptors (Lipinski definition) is 4. The maximum Gasteiger partial charge on any atom is 0.308 e. The van der Waals surface area contributed by atoms with Crippen molar-refractivity contribution in [3.8, 4) is 5.75 Å². The van der Waals surface area contributed by atoms with Crippen LogP contribution in [-0.2, 0) is 21.5 Å². The summed E-state index contributed by atoms with van der Waals surface area (Å²) in [5.41, 5.74) is 0.683. The molecule has 0 unspecified atom stereocenters. The van der Waals surface area contributed by atoms with E-state index in [1.165, 1.54) is 6.92 Å². The Balaban J connectivity index is 3.08. The van der Waals surface area contributed by atoms with Crippen molar-refractivity contribution in [2.45, 2.75) is 47.2 Å². The molecule has 0 spiro atoms. The smallest absolute Gasteiger partial charge is 0.308 e. The summed E-state index contributed by atoms with van der Waals surface area (Å²) in [6, 6.07) is 6.93. The highest BCUT2D eigenvalue weighted by Crippen LogP contribution is 2.23. The van der Waals surface area contributed by atoms with Gasteiger partial charge in [0.25, 0.3) is 0 Å². The van der Waals surface area contributed by atoms with E-state index in [4.69, 9.17) is 4.18 Å². The molecule has 0 aliphatic carbocycles. The SMILES string of the molecule is CCS(=O)(=O)Oc1ccccc1CN(C(=O)C(C)C)C(C)C. The summed E-state index contributed by atoms with van der Waals surface area (Å²) in [5, 5.41) is 0. The van der Waals surface area contributed by atoms with Gasteiger partial charge in [-0.15, -0.1) is 0 Å². The van der Waals surface area contributed by atoms with Crippen LogP contribution in [0.5, 0.6) is 5.75 Å². The highest BCUT2D eigenvalue weighted by molar-refractivity contribution is 7.87. The van der Waals surface area contributed by atoms with E-state index in [9.17, 15) is 13.2 Å². The molecule has 0 heterocycles. The second-order valence-corrected chi connectivity index (χ2v) is 7.61. The molecule has 1 amide bonds. The Kier molecular flexibility index (Phi) is 6.41. The molecule has 1 aromatic rings. The molecule has 124 valence electrons. The van der Waals surface area contributed by atoms with E-state index in [1.54, 1.807) is 29.2 Å². The lowest BCUT2D eigenvalue weighted by molar-refractivity contribution is -0.136. The van der Waals surface area contributed by atoms with Gasteiger partial charge < -0.3 is 9.08 Å². The van der Waals surface area contributed by atoms with Gasteiger partial charge in [0.2, 0.25) is 5.91 Å². The third-order valence-corrected chi connectivity index (χ3v) is 4.42. The standard InChI is InChI=1S/C16H25NO4S/c1-6-22(19,20)21-15-10-8-7-9-14(15)11-17(13(4)5)16(18)12(2)3/h7-10,12-13H,6,11H2,1-5H3. The highest BCUT2D eigenvalue weighted by Gasteiger charge is 2.22. The minimum Gasteiger partial charge on any atom is -0.382 e. The largest absolute Gasteiger partial charge is 0.382 e. The molecule has 0 saturated heterocycles. The Morgan fingerprint density at radius 1 is 1.18 bits per heavy atom. The number of carbonyl (C=O) groups excluding carboxylic acids is 1. The Labute approximate surface area is 133 Å². The predicted molar refractivity (Wildman–Crippen MR) is 87.1 cm³/mol. The highest BCUT2D eigenvalue weighted by atomic mass is 32.2. The van der Waals surface area contributed by atoms with Gasteiger partial charge in [-0.2, -0.15) is 8.42 Å². The Morgan fingerprint density at radius 3 is 2.27 bits per heavy atom. The van der Waals surface area contributed by atoms with Crippen molar-refractivity contribution < 1.29 is 17.4 Å². The monoisotopic (exact) mass is 327 g/mol. The number of amides is 1. The number of para-hydroxylation sites is 1. The quantitative estimate of drug-likeness (QED) is 0.722. The summed E-state index contributed by atoms with van der Waals surface area (Å²) in [6.07, 6.45) is 0. The number of rotatable bonds is 7. The maximum absolute atomic E-state index is 12.3. The average molecular weight is 327 g/mol. The van der Waals surface area contributed by atoms with Gasteiger partial charge in [-0.25, -0.2) is 0 Å². The van der Waals surface area contributed by atoms with E-state index < -0.39 is 10.1 Å². The third kappa shape index (κ3) is 5.02. The van der Waals surface area contributed by atoms with E-state index in [-0.39, 0.29) is 29.4 Å². The topological polar surface area (TPSA) is 63.7 Å². The molecule has 0 atom stereocenters. The summed E-state index contributed by atoms with van der Waals surface area (Å²) in [6.45, 7) is 9.42. The molecule has 0 radical (unpaired) electrons. The van der Waals surface area contributed by atoms with Gasteiger partial charge in [0.1, 0.15) is 5.75 Å². The molecule has 0 bridgehead atoms. The zero-order valence-electron chi connectivity index (χ0n) is 13.9. The molecular weight excluding hydrogens is 302 g/mol. The molecule has 0 N–H and O–H groups in total. The lowest BCUT2D eigenvalue weighted by atomic mass is 10.1. The molecular formula is C16H25NO4S. The third-order valence-electron chi connectivity index (χ3n) is 3.28. The number of carbonyl (C=O) groups is 1. The zero-order chi connectivity index (χ0) is 16.9. The van der Waals surface area contributed by atoms with Crippen LogP contribution < -0.4 is 4.18 Å². The fourth-order valence-electron chi connectivity index (χ4n) is 1.94. The fourth-order valence-corrected chi connectivity index (χ4v) is 2.50. The molecule has 1 aromatic carbocycles. The molecule has 0 aliphatic heterocycles. The van der Waals surface area contributed by atoms with E-state index in [0.29, 0.717) is 12.1 Å². The van der Waals surface area contributed by atoms with Crippen molar-refractivity contribution in [1.82, 2.24) is 4.90 Å². The first-order chi connectivity index (χ1) is 10.2. The van der Waals surface area contributed by atoms with Crippen LogP contribution in [0.2, 0.25) is 0 Å². The predicted octanol–water partition coefficient (Wildman–Crippen LogP) is 2.81. The molecule has 0 aromatic heterocycles. The van der Waals surface area contributed by atoms with Crippen LogP contribution in [0.1, 0.15) is 40.2 Å². The van der Waals surface area contributed by atoms with E-state index in [2.05, 4.69) is 0 Å². The summed E-state index contributed by atoms with van der Waals surface area (Å²) in [4.78, 5) is 14.0. The average Bonchev–Trinajstić information content (AvgIpc) is 2.44. The Bertz CT molecular complexity index is 608. The lowest BCUT2D eigenvalue weighted by Gasteiger charge is -2.29. The van der Waals surface area contributed by atoms with Crippen LogP contribution >= 0.6 is 0 Å². The first-order valence-corrected chi connectivity index (χ1v) is 9.06. The number of hydrogen-bond donors (Lipinski definition) is 0. The van der Waals surface area contributed by atoms with Crippen molar-refractivity contribution in [3.63, 3.8) is 0 Å². The van der Waals surface area contributed by atoms with Crippen LogP contribution in [0.4, 0.5) is 0 Å². The molecule has 0 saturated carbocycles. The molecule has 6 heteroatoms. The first-order valence-electron chi connectivity index (χ1n) is 7.48. The normalized spacial score (nSPS) is 11.8. The second-order valence-electron chi connectivity index (χ2n) is 5.75. The van der Waals surface area contributed by atoms with E-state index in [1.807, 2.05) is 27.7 Å². The van der Waals surface area contributed by atoms with Gasteiger partial charge in [0.05, 0.1) is 5.75 Å². The van der Waals surface area contributed by atoms with Gasteiger partial charge in [-0.05, 0) is 26.8 Å². The Hall–Kier alpha value is -1.56. The minimum absolute atomic E-state index is 0.0192. The van der Waals surface area contributed by atoms with Crippen molar-refractivity contribution in [2.75, 3.05) is 5.75 Å². The second kappa shape index (κ2) is 7.63.